The fourth-order valence-electron chi connectivity index (χ4n) is 4.13. The molecule has 1 aliphatic heterocycles. The lowest BCUT2D eigenvalue weighted by Gasteiger charge is -2.41. The summed E-state index contributed by atoms with van der Waals surface area (Å²) in [6.07, 6.45) is 0. The monoisotopic (exact) mass is 433 g/mol. The topological polar surface area (TPSA) is 83.9 Å². The zero-order valence-corrected chi connectivity index (χ0v) is 17.2. The van der Waals surface area contributed by atoms with Crippen molar-refractivity contribution in [2.75, 3.05) is 7.11 Å². The van der Waals surface area contributed by atoms with E-state index in [1.165, 1.54) is 24.1 Å². The van der Waals surface area contributed by atoms with Gasteiger partial charge in [-0.2, -0.15) is 0 Å². The molecule has 1 heterocycles. The van der Waals surface area contributed by atoms with Crippen LogP contribution in [0.2, 0.25) is 0 Å². The number of ether oxygens (including phenoxy) is 1. The number of carbonyl (C=O) groups is 3. The number of carbonyl (C=O) groups excluding carboxylic acids is 2. The first kappa shape index (κ1) is 21.2. The number of amides is 1. The van der Waals surface area contributed by atoms with Gasteiger partial charge in [-0.15, -0.1) is 0 Å². The predicted molar refractivity (Wildman–Crippen MR) is 114 cm³/mol. The first-order chi connectivity index (χ1) is 15.4. The van der Waals surface area contributed by atoms with Gasteiger partial charge in [0.05, 0.1) is 18.7 Å². The molecule has 0 unspecified atom stereocenters. The number of nitrogens with zero attached hydrogens (tertiary/aromatic N) is 1. The van der Waals surface area contributed by atoms with Crippen LogP contribution < -0.4 is 0 Å². The number of methoxy groups -OCH3 is 1. The third-order valence-corrected chi connectivity index (χ3v) is 5.64. The normalized spacial score (nSPS) is 17.6. The highest BCUT2D eigenvalue weighted by molar-refractivity contribution is 6.00. The van der Waals surface area contributed by atoms with Crippen molar-refractivity contribution in [1.82, 2.24) is 4.90 Å². The number of esters is 1. The van der Waals surface area contributed by atoms with E-state index in [0.29, 0.717) is 27.8 Å². The number of benzene rings is 3. The van der Waals surface area contributed by atoms with Crippen molar-refractivity contribution in [2.24, 2.45) is 0 Å². The molecule has 0 saturated heterocycles. The summed E-state index contributed by atoms with van der Waals surface area (Å²) in [6.45, 7) is 0.0979. The largest absolute Gasteiger partial charge is 0.481 e. The first-order valence-corrected chi connectivity index (χ1v) is 9.96. The van der Waals surface area contributed by atoms with Crippen LogP contribution in [-0.4, -0.2) is 35.0 Å². The lowest BCUT2D eigenvalue weighted by molar-refractivity contribution is -0.140. The number of halogens is 1. The molecule has 6 nitrogen and oxygen atoms in total. The highest BCUT2D eigenvalue weighted by Gasteiger charge is 2.44. The van der Waals surface area contributed by atoms with Crippen molar-refractivity contribution in [2.45, 2.75) is 18.5 Å². The van der Waals surface area contributed by atoms with Gasteiger partial charge in [0.25, 0.3) is 5.91 Å². The fraction of sp³-hybridized carbons (Fsp3) is 0.160. The lowest BCUT2D eigenvalue weighted by Crippen LogP contribution is -2.44. The zero-order valence-electron chi connectivity index (χ0n) is 17.2. The van der Waals surface area contributed by atoms with Crippen LogP contribution in [0.5, 0.6) is 0 Å². The zero-order chi connectivity index (χ0) is 22.8. The minimum Gasteiger partial charge on any atom is -0.481 e. The molecule has 7 heteroatoms. The second kappa shape index (κ2) is 8.63. The number of fused-ring (bicyclic) bond motifs is 1. The number of carboxylic acid groups (broad SMARTS) is 1. The molecule has 3 aromatic carbocycles. The Labute approximate surface area is 183 Å². The van der Waals surface area contributed by atoms with E-state index < -0.39 is 29.7 Å². The summed E-state index contributed by atoms with van der Waals surface area (Å²) in [5, 5.41) is 10.1. The number of hydrogen-bond donors (Lipinski definition) is 1. The molecule has 0 aromatic heterocycles. The fourth-order valence-corrected chi connectivity index (χ4v) is 4.13. The highest BCUT2D eigenvalue weighted by atomic mass is 19.1. The van der Waals surface area contributed by atoms with Crippen LogP contribution in [0.3, 0.4) is 0 Å². The van der Waals surface area contributed by atoms with Crippen molar-refractivity contribution in [3.63, 3.8) is 0 Å². The Morgan fingerprint density at radius 3 is 2.28 bits per heavy atom. The molecule has 3 aromatic rings. The third-order valence-electron chi connectivity index (χ3n) is 5.64. The van der Waals surface area contributed by atoms with Gasteiger partial charge >= 0.3 is 11.9 Å². The number of rotatable bonds is 5. The summed E-state index contributed by atoms with van der Waals surface area (Å²) >= 11 is 0. The SMILES string of the molecule is COC(=O)c1ccc([C@@H]2[C@H](C(=O)O)c3ccccc3C(=O)N2Cc2ccc(F)cc2)cc1. The predicted octanol–water partition coefficient (Wildman–Crippen LogP) is 4.18. The Bertz CT molecular complexity index is 1170. The van der Waals surface area contributed by atoms with Gasteiger partial charge in [-0.1, -0.05) is 42.5 Å². The van der Waals surface area contributed by atoms with Crippen LogP contribution in [0.4, 0.5) is 4.39 Å². The Morgan fingerprint density at radius 2 is 1.66 bits per heavy atom. The summed E-state index contributed by atoms with van der Waals surface area (Å²) in [7, 11) is 1.28. The molecular weight excluding hydrogens is 413 g/mol. The average Bonchev–Trinajstić information content (AvgIpc) is 2.81. The van der Waals surface area contributed by atoms with Crippen LogP contribution in [0.1, 0.15) is 49.4 Å². The summed E-state index contributed by atoms with van der Waals surface area (Å²) in [6, 6.07) is 17.9. The molecule has 0 saturated carbocycles. The van der Waals surface area contributed by atoms with Gasteiger partial charge in [-0.05, 0) is 47.0 Å². The van der Waals surface area contributed by atoms with Gasteiger partial charge in [0, 0.05) is 12.1 Å². The second-order valence-electron chi connectivity index (χ2n) is 7.52. The van der Waals surface area contributed by atoms with Crippen molar-refractivity contribution in [3.8, 4) is 0 Å². The lowest BCUT2D eigenvalue weighted by atomic mass is 9.79. The van der Waals surface area contributed by atoms with Crippen LogP contribution in [-0.2, 0) is 16.1 Å². The Morgan fingerprint density at radius 1 is 1.00 bits per heavy atom. The maximum Gasteiger partial charge on any atom is 0.337 e. The van der Waals surface area contributed by atoms with E-state index in [1.54, 1.807) is 60.7 Å². The molecule has 2 atom stereocenters. The summed E-state index contributed by atoms with van der Waals surface area (Å²) in [5.41, 5.74) is 2.30. The van der Waals surface area contributed by atoms with Crippen molar-refractivity contribution in [3.05, 3.63) is 106 Å². The van der Waals surface area contributed by atoms with E-state index >= 15 is 0 Å². The van der Waals surface area contributed by atoms with Crippen LogP contribution in [0.25, 0.3) is 0 Å². The number of hydrogen-bond acceptors (Lipinski definition) is 4. The molecule has 32 heavy (non-hydrogen) atoms. The Balaban J connectivity index is 1.84. The van der Waals surface area contributed by atoms with Gasteiger partial charge in [-0.25, -0.2) is 9.18 Å². The summed E-state index contributed by atoms with van der Waals surface area (Å²) < 4.78 is 18.1. The first-order valence-electron chi connectivity index (χ1n) is 9.96. The van der Waals surface area contributed by atoms with Crippen LogP contribution in [0, 0.1) is 5.82 Å². The van der Waals surface area contributed by atoms with Crippen LogP contribution >= 0.6 is 0 Å². The Hall–Kier alpha value is -4.00. The standard InChI is InChI=1S/C25H20FNO5/c1-32-25(31)17-10-8-16(9-11-17)22-21(24(29)30)19-4-2-3-5-20(19)23(28)27(22)14-15-6-12-18(26)13-7-15/h2-13,21-22H,14H2,1H3,(H,29,30)/t21-,22-/m1/s1. The minimum absolute atomic E-state index is 0.0979. The number of aliphatic carboxylic acids is 1. The van der Waals surface area contributed by atoms with E-state index in [2.05, 4.69) is 0 Å². The summed E-state index contributed by atoms with van der Waals surface area (Å²) in [5.74, 6) is -3.32. The molecular formula is C25H20FNO5. The molecule has 0 bridgehead atoms. The Kier molecular flexibility index (Phi) is 5.73. The van der Waals surface area contributed by atoms with Gasteiger partial charge in [-0.3, -0.25) is 9.59 Å². The maximum absolute atomic E-state index is 13.4. The van der Waals surface area contributed by atoms with Gasteiger partial charge in [0.2, 0.25) is 0 Å². The molecule has 4 rings (SSSR count). The molecule has 0 spiro atoms. The maximum atomic E-state index is 13.4. The van der Waals surface area contributed by atoms with E-state index in [-0.39, 0.29) is 12.5 Å². The summed E-state index contributed by atoms with van der Waals surface area (Å²) in [4.78, 5) is 39.2. The van der Waals surface area contributed by atoms with E-state index in [4.69, 9.17) is 4.74 Å². The van der Waals surface area contributed by atoms with Crippen molar-refractivity contribution >= 4 is 17.8 Å². The molecule has 1 amide bonds. The van der Waals surface area contributed by atoms with E-state index in [9.17, 15) is 23.9 Å². The molecule has 0 radical (unpaired) electrons. The van der Waals surface area contributed by atoms with Gasteiger partial charge in [0.15, 0.2) is 0 Å². The van der Waals surface area contributed by atoms with E-state index in [0.717, 1.165) is 0 Å². The quantitative estimate of drug-likeness (QED) is 0.611. The molecule has 1 aliphatic rings. The molecule has 0 aliphatic carbocycles. The van der Waals surface area contributed by atoms with E-state index in [1.807, 2.05) is 0 Å². The van der Waals surface area contributed by atoms with Crippen LogP contribution in [0.15, 0.2) is 72.8 Å². The van der Waals surface area contributed by atoms with Gasteiger partial charge < -0.3 is 14.7 Å². The highest BCUT2D eigenvalue weighted by Crippen LogP contribution is 2.43. The second-order valence-corrected chi connectivity index (χ2v) is 7.52. The van der Waals surface area contributed by atoms with Gasteiger partial charge in [0.1, 0.15) is 11.7 Å². The minimum atomic E-state index is -1.07. The smallest absolute Gasteiger partial charge is 0.337 e. The average molecular weight is 433 g/mol. The molecule has 0 fully saturated rings. The van der Waals surface area contributed by atoms with Crippen molar-refractivity contribution < 1.29 is 28.6 Å². The van der Waals surface area contributed by atoms with Crippen molar-refractivity contribution in [1.29, 1.82) is 0 Å². The molecule has 162 valence electrons. The molecule has 1 N–H and O–H groups in total. The third kappa shape index (κ3) is 3.85. The number of carboxylic acids is 1.